The van der Waals surface area contributed by atoms with Gasteiger partial charge in [0.15, 0.2) is 0 Å². The van der Waals surface area contributed by atoms with Gasteiger partial charge in [0.05, 0.1) is 24.5 Å². The lowest BCUT2D eigenvalue weighted by Gasteiger charge is -2.10. The van der Waals surface area contributed by atoms with E-state index in [0.29, 0.717) is 16.3 Å². The van der Waals surface area contributed by atoms with Crippen molar-refractivity contribution >= 4 is 28.5 Å². The molecule has 0 fully saturated rings. The molecule has 24 heavy (non-hydrogen) atoms. The van der Waals surface area contributed by atoms with E-state index in [4.69, 9.17) is 0 Å². The van der Waals surface area contributed by atoms with Crippen LogP contribution in [0.25, 0.3) is 22.0 Å². The number of hydrogen-bond acceptors (Lipinski definition) is 6. The number of hydrogen-bond donors (Lipinski definition) is 0. The van der Waals surface area contributed by atoms with Crippen LogP contribution in [0.3, 0.4) is 0 Å². The Bertz CT molecular complexity index is 950. The lowest BCUT2D eigenvalue weighted by Crippen LogP contribution is -2.04. The van der Waals surface area contributed by atoms with Gasteiger partial charge >= 0.3 is 5.97 Å². The van der Waals surface area contributed by atoms with Gasteiger partial charge in [-0.2, -0.15) is 5.26 Å². The van der Waals surface area contributed by atoms with Gasteiger partial charge in [0, 0.05) is 23.3 Å². The predicted molar refractivity (Wildman–Crippen MR) is 92.4 cm³/mol. The maximum atomic E-state index is 11.4. The van der Waals surface area contributed by atoms with Crippen LogP contribution >= 0.6 is 11.8 Å². The number of rotatable bonds is 4. The van der Waals surface area contributed by atoms with Crippen molar-refractivity contribution < 1.29 is 9.53 Å². The van der Waals surface area contributed by atoms with Crippen molar-refractivity contribution in [3.05, 3.63) is 54.4 Å². The fourth-order valence-corrected chi connectivity index (χ4v) is 3.21. The number of methoxy groups -OCH3 is 1. The molecular weight excluding hydrogens is 322 g/mol. The minimum absolute atomic E-state index is 0.163. The summed E-state index contributed by atoms with van der Waals surface area (Å²) in [5, 5.41) is 11.7. The second-order valence-electron chi connectivity index (χ2n) is 4.89. The summed E-state index contributed by atoms with van der Waals surface area (Å²) in [7, 11) is 1.36. The Morgan fingerprint density at radius 1 is 1.17 bits per heavy atom. The third-order valence-electron chi connectivity index (χ3n) is 3.52. The van der Waals surface area contributed by atoms with E-state index in [9.17, 15) is 10.1 Å². The van der Waals surface area contributed by atoms with Crippen molar-refractivity contribution in [3.63, 3.8) is 0 Å². The number of thioether (sulfide) groups is 1. The smallest absolute Gasteiger partial charge is 0.316 e. The van der Waals surface area contributed by atoms with Crippen LogP contribution in [0, 0.1) is 11.3 Å². The highest BCUT2D eigenvalue weighted by Gasteiger charge is 2.14. The molecule has 5 nitrogen and oxygen atoms in total. The maximum absolute atomic E-state index is 11.4. The lowest BCUT2D eigenvalue weighted by molar-refractivity contribution is -0.137. The predicted octanol–water partition coefficient (Wildman–Crippen LogP) is 3.43. The number of nitrogens with zero attached hydrogens (tertiary/aromatic N) is 3. The molecule has 1 heterocycles. The van der Waals surface area contributed by atoms with Gasteiger partial charge in [0.1, 0.15) is 10.7 Å². The van der Waals surface area contributed by atoms with E-state index in [-0.39, 0.29) is 11.7 Å². The summed E-state index contributed by atoms with van der Waals surface area (Å²) >= 11 is 1.28. The number of esters is 1. The molecule has 0 aliphatic rings. The number of carbonyl (C=O) groups is 1. The van der Waals surface area contributed by atoms with Crippen LogP contribution in [0.5, 0.6) is 0 Å². The average molecular weight is 335 g/mol. The van der Waals surface area contributed by atoms with Crippen molar-refractivity contribution in [2.45, 2.75) is 5.03 Å². The SMILES string of the molecule is COC(=O)CSc1nccnc1-c1ccc(C#N)c2ccccc12. The molecule has 0 N–H and O–H groups in total. The third-order valence-corrected chi connectivity index (χ3v) is 4.47. The molecule has 0 aliphatic heterocycles. The molecule has 3 aromatic rings. The minimum Gasteiger partial charge on any atom is -0.468 e. The van der Waals surface area contributed by atoms with E-state index in [0.717, 1.165) is 16.3 Å². The first-order valence-corrected chi connectivity index (χ1v) is 8.16. The Hall–Kier alpha value is -2.91. The maximum Gasteiger partial charge on any atom is 0.316 e. The lowest BCUT2D eigenvalue weighted by atomic mass is 9.98. The van der Waals surface area contributed by atoms with Gasteiger partial charge in [0.25, 0.3) is 0 Å². The second-order valence-corrected chi connectivity index (χ2v) is 5.86. The van der Waals surface area contributed by atoms with Crippen LogP contribution in [0.15, 0.2) is 53.8 Å². The van der Waals surface area contributed by atoms with Crippen molar-refractivity contribution in [3.8, 4) is 17.3 Å². The first-order valence-electron chi connectivity index (χ1n) is 7.17. The summed E-state index contributed by atoms with van der Waals surface area (Å²) in [5.74, 6) is -0.155. The van der Waals surface area contributed by atoms with Crippen molar-refractivity contribution in [2.75, 3.05) is 12.9 Å². The van der Waals surface area contributed by atoms with Gasteiger partial charge in [-0.3, -0.25) is 9.78 Å². The van der Waals surface area contributed by atoms with Gasteiger partial charge in [0.2, 0.25) is 0 Å². The van der Waals surface area contributed by atoms with E-state index in [1.807, 2.05) is 30.3 Å². The van der Waals surface area contributed by atoms with Crippen LogP contribution in [0.2, 0.25) is 0 Å². The van der Waals surface area contributed by atoms with E-state index in [2.05, 4.69) is 20.8 Å². The van der Waals surface area contributed by atoms with Gasteiger partial charge in [-0.25, -0.2) is 4.98 Å². The molecule has 0 amide bonds. The van der Waals surface area contributed by atoms with Gasteiger partial charge in [-0.15, -0.1) is 0 Å². The van der Waals surface area contributed by atoms with Crippen LogP contribution in [0.4, 0.5) is 0 Å². The number of ether oxygens (including phenoxy) is 1. The van der Waals surface area contributed by atoms with E-state index >= 15 is 0 Å². The van der Waals surface area contributed by atoms with E-state index in [1.165, 1.54) is 18.9 Å². The Balaban J connectivity index is 2.12. The van der Waals surface area contributed by atoms with Gasteiger partial charge < -0.3 is 4.74 Å². The highest BCUT2D eigenvalue weighted by molar-refractivity contribution is 8.00. The molecule has 0 unspecified atom stereocenters. The van der Waals surface area contributed by atoms with Crippen LogP contribution in [0.1, 0.15) is 5.56 Å². The van der Waals surface area contributed by atoms with Crippen molar-refractivity contribution in [1.29, 1.82) is 5.26 Å². The number of nitriles is 1. The highest BCUT2D eigenvalue weighted by Crippen LogP contribution is 2.34. The molecule has 0 saturated heterocycles. The van der Waals surface area contributed by atoms with E-state index in [1.54, 1.807) is 18.5 Å². The van der Waals surface area contributed by atoms with Crippen molar-refractivity contribution in [2.24, 2.45) is 0 Å². The summed E-state index contributed by atoms with van der Waals surface area (Å²) in [6, 6.07) is 13.5. The summed E-state index contributed by atoms with van der Waals surface area (Å²) in [4.78, 5) is 20.2. The standard InChI is InChI=1S/C18H13N3O2S/c1-23-16(22)11-24-18-17(20-8-9-21-18)15-7-6-12(10-19)13-4-2-3-5-14(13)15/h2-9H,11H2,1H3. The molecule has 3 rings (SSSR count). The molecule has 6 heteroatoms. The van der Waals surface area contributed by atoms with E-state index < -0.39 is 0 Å². The van der Waals surface area contributed by atoms with Gasteiger partial charge in [-0.1, -0.05) is 42.1 Å². The van der Waals surface area contributed by atoms with Crippen LogP contribution < -0.4 is 0 Å². The molecule has 0 radical (unpaired) electrons. The molecular formula is C18H13N3O2S. The summed E-state index contributed by atoms with van der Waals surface area (Å²) in [6.07, 6.45) is 3.21. The Morgan fingerprint density at radius 2 is 1.92 bits per heavy atom. The normalized spacial score (nSPS) is 10.3. The average Bonchev–Trinajstić information content (AvgIpc) is 2.65. The summed E-state index contributed by atoms with van der Waals surface area (Å²) in [6.45, 7) is 0. The van der Waals surface area contributed by atoms with Gasteiger partial charge in [-0.05, 0) is 11.5 Å². The zero-order valence-corrected chi connectivity index (χ0v) is 13.7. The Labute approximate surface area is 143 Å². The highest BCUT2D eigenvalue weighted by atomic mass is 32.2. The number of aromatic nitrogens is 2. The molecule has 0 saturated carbocycles. The Kier molecular flexibility index (Phi) is 4.73. The number of benzene rings is 2. The molecule has 0 aliphatic carbocycles. The first-order chi connectivity index (χ1) is 11.7. The number of fused-ring (bicyclic) bond motifs is 1. The Morgan fingerprint density at radius 3 is 2.67 bits per heavy atom. The fourth-order valence-electron chi connectivity index (χ4n) is 2.40. The summed E-state index contributed by atoms with van der Waals surface area (Å²) < 4.78 is 4.67. The molecule has 2 aromatic carbocycles. The minimum atomic E-state index is -0.318. The molecule has 0 bridgehead atoms. The molecule has 0 spiro atoms. The largest absolute Gasteiger partial charge is 0.468 e. The third kappa shape index (κ3) is 3.07. The zero-order chi connectivity index (χ0) is 16.9. The second kappa shape index (κ2) is 7.11. The molecule has 118 valence electrons. The van der Waals surface area contributed by atoms with Crippen LogP contribution in [-0.4, -0.2) is 28.8 Å². The fraction of sp³-hybridized carbons (Fsp3) is 0.111. The molecule has 1 aromatic heterocycles. The topological polar surface area (TPSA) is 75.9 Å². The van der Waals surface area contributed by atoms with Crippen molar-refractivity contribution in [1.82, 2.24) is 9.97 Å². The summed E-state index contributed by atoms with van der Waals surface area (Å²) in [5.41, 5.74) is 2.18. The van der Waals surface area contributed by atoms with Crippen LogP contribution in [-0.2, 0) is 9.53 Å². The first kappa shape index (κ1) is 16.0. The zero-order valence-electron chi connectivity index (χ0n) is 12.9. The molecule has 0 atom stereocenters. The quantitative estimate of drug-likeness (QED) is 0.537. The number of carbonyl (C=O) groups excluding carboxylic acids is 1. The monoisotopic (exact) mass is 335 g/mol.